The van der Waals surface area contributed by atoms with Gasteiger partial charge in [0.25, 0.3) is 0 Å². The number of aromatic nitrogens is 4. The van der Waals surface area contributed by atoms with Gasteiger partial charge in [-0.25, -0.2) is 4.98 Å². The van der Waals surface area contributed by atoms with Crippen LogP contribution in [0.25, 0.3) is 0 Å². The van der Waals surface area contributed by atoms with Gasteiger partial charge in [-0.05, 0) is 0 Å². The summed E-state index contributed by atoms with van der Waals surface area (Å²) in [5.74, 6) is 2.06. The van der Waals surface area contributed by atoms with Gasteiger partial charge in [0.1, 0.15) is 11.9 Å². The van der Waals surface area contributed by atoms with Gasteiger partial charge in [0, 0.05) is 45.0 Å². The monoisotopic (exact) mass is 295 g/mol. The Labute approximate surface area is 121 Å². The van der Waals surface area contributed by atoms with Crippen LogP contribution in [0.3, 0.4) is 0 Å². The van der Waals surface area contributed by atoms with Gasteiger partial charge in [-0.15, -0.1) is 10.2 Å². The van der Waals surface area contributed by atoms with Crippen molar-refractivity contribution in [1.82, 2.24) is 19.6 Å². The molecule has 0 bridgehead atoms. The number of rotatable bonds is 4. The Kier molecular flexibility index (Phi) is 3.66. The Morgan fingerprint density at radius 2 is 2.30 bits per heavy atom. The van der Waals surface area contributed by atoms with Gasteiger partial charge in [0.15, 0.2) is 0 Å². The summed E-state index contributed by atoms with van der Waals surface area (Å²) in [5, 5.41) is 8.95. The lowest BCUT2D eigenvalue weighted by molar-refractivity contribution is 0.117. The number of hydrogen-bond donors (Lipinski definition) is 0. The quantitative estimate of drug-likeness (QED) is 0.850. The second kappa shape index (κ2) is 5.45. The van der Waals surface area contributed by atoms with E-state index in [0.29, 0.717) is 11.8 Å². The summed E-state index contributed by atoms with van der Waals surface area (Å²) in [6.07, 6.45) is 1.79. The number of hydrogen-bond acceptors (Lipinski definition) is 8. The molecule has 3 heterocycles. The lowest BCUT2D eigenvalue weighted by Gasteiger charge is -2.19. The first-order chi connectivity index (χ1) is 9.71. The van der Waals surface area contributed by atoms with Crippen LogP contribution in [0, 0.1) is 6.92 Å². The van der Waals surface area contributed by atoms with Crippen molar-refractivity contribution in [2.75, 3.05) is 18.6 Å². The molecule has 7 nitrogen and oxygen atoms in total. The van der Waals surface area contributed by atoms with E-state index < -0.39 is 0 Å². The third-order valence-electron chi connectivity index (χ3n) is 3.44. The average Bonchev–Trinajstić information content (AvgIpc) is 3.16. The second-order valence-corrected chi connectivity index (χ2v) is 5.50. The van der Waals surface area contributed by atoms with Crippen LogP contribution < -0.4 is 4.90 Å². The third-order valence-corrected chi connectivity index (χ3v) is 4.23. The summed E-state index contributed by atoms with van der Waals surface area (Å²) in [6, 6.07) is 0.0128. The molecule has 0 aliphatic carbocycles. The fraction of sp³-hybridized carbons (Fsp3) is 0.667. The fourth-order valence-electron chi connectivity index (χ4n) is 2.37. The zero-order chi connectivity index (χ0) is 14.1. The van der Waals surface area contributed by atoms with Crippen molar-refractivity contribution < 1.29 is 9.15 Å². The van der Waals surface area contributed by atoms with Crippen LogP contribution in [-0.2, 0) is 11.2 Å². The molecular weight excluding hydrogens is 278 g/mol. The van der Waals surface area contributed by atoms with E-state index in [-0.39, 0.29) is 12.1 Å². The molecule has 2 atom stereocenters. The Balaban J connectivity index is 1.89. The van der Waals surface area contributed by atoms with Crippen molar-refractivity contribution in [2.24, 2.45) is 0 Å². The van der Waals surface area contributed by atoms with Crippen LogP contribution in [0.4, 0.5) is 5.13 Å². The summed E-state index contributed by atoms with van der Waals surface area (Å²) in [6.45, 7) is 4.61. The van der Waals surface area contributed by atoms with Crippen LogP contribution in [0.1, 0.15) is 37.0 Å². The minimum atomic E-state index is 0.0128. The SMILES string of the molecule is CCc1nsc(N2C[C@@H](OC)C[C@@H]2c2nnc(C)o2)n1. The Morgan fingerprint density at radius 3 is 2.90 bits per heavy atom. The van der Waals surface area contributed by atoms with Gasteiger partial charge >= 0.3 is 0 Å². The molecular formula is C12H17N5O2S. The summed E-state index contributed by atoms with van der Waals surface area (Å²) < 4.78 is 15.4. The van der Waals surface area contributed by atoms with Gasteiger partial charge in [0.05, 0.1) is 6.10 Å². The first kappa shape index (κ1) is 13.4. The van der Waals surface area contributed by atoms with Gasteiger partial charge in [-0.2, -0.15) is 4.37 Å². The number of aryl methyl sites for hydroxylation is 2. The number of ether oxygens (including phenoxy) is 1. The highest BCUT2D eigenvalue weighted by Gasteiger charge is 2.38. The summed E-state index contributed by atoms with van der Waals surface area (Å²) in [7, 11) is 1.72. The molecule has 0 N–H and O–H groups in total. The van der Waals surface area contributed by atoms with Crippen molar-refractivity contribution in [3.8, 4) is 0 Å². The summed E-state index contributed by atoms with van der Waals surface area (Å²) >= 11 is 1.41. The number of methoxy groups -OCH3 is 1. The number of nitrogens with zero attached hydrogens (tertiary/aromatic N) is 5. The van der Waals surface area contributed by atoms with Gasteiger partial charge in [0.2, 0.25) is 16.9 Å². The molecule has 2 aromatic heterocycles. The van der Waals surface area contributed by atoms with Crippen LogP contribution in [0.15, 0.2) is 4.42 Å². The first-order valence-electron chi connectivity index (χ1n) is 6.63. The maximum absolute atomic E-state index is 5.58. The number of anilines is 1. The molecule has 0 amide bonds. The van der Waals surface area contributed by atoms with Crippen molar-refractivity contribution in [3.63, 3.8) is 0 Å². The van der Waals surface area contributed by atoms with Crippen LogP contribution in [-0.4, -0.2) is 39.3 Å². The average molecular weight is 295 g/mol. The van der Waals surface area contributed by atoms with E-state index in [0.717, 1.165) is 30.3 Å². The highest BCUT2D eigenvalue weighted by atomic mass is 32.1. The van der Waals surface area contributed by atoms with Gasteiger partial charge < -0.3 is 14.1 Å². The Hall–Kier alpha value is -1.54. The molecule has 8 heteroatoms. The maximum Gasteiger partial charge on any atom is 0.239 e. The second-order valence-electron chi connectivity index (χ2n) is 4.77. The van der Waals surface area contributed by atoms with Crippen LogP contribution >= 0.6 is 11.5 Å². The smallest absolute Gasteiger partial charge is 0.239 e. The van der Waals surface area contributed by atoms with Crippen molar-refractivity contribution in [1.29, 1.82) is 0 Å². The summed E-state index contributed by atoms with van der Waals surface area (Å²) in [5.41, 5.74) is 0. The van der Waals surface area contributed by atoms with E-state index in [1.807, 2.05) is 6.92 Å². The van der Waals surface area contributed by atoms with Crippen LogP contribution in [0.2, 0.25) is 0 Å². The molecule has 0 radical (unpaired) electrons. The van der Waals surface area contributed by atoms with E-state index >= 15 is 0 Å². The normalized spacial score (nSPS) is 22.6. The van der Waals surface area contributed by atoms with E-state index in [1.54, 1.807) is 14.0 Å². The molecule has 0 aromatic carbocycles. The highest BCUT2D eigenvalue weighted by Crippen LogP contribution is 2.37. The maximum atomic E-state index is 5.58. The summed E-state index contributed by atoms with van der Waals surface area (Å²) in [4.78, 5) is 6.70. The topological polar surface area (TPSA) is 77.2 Å². The van der Waals surface area contributed by atoms with E-state index in [9.17, 15) is 0 Å². The standard InChI is InChI=1S/C12H17N5O2S/c1-4-10-13-12(20-16-10)17-6-8(18-3)5-9(17)11-15-14-7(2)19-11/h8-9H,4-6H2,1-3H3/t8-,9+/m0/s1. The minimum absolute atomic E-state index is 0.0128. The minimum Gasteiger partial charge on any atom is -0.423 e. The molecule has 0 saturated carbocycles. The molecule has 1 aliphatic heterocycles. The van der Waals surface area contributed by atoms with Gasteiger partial charge in [-0.1, -0.05) is 6.92 Å². The molecule has 1 aliphatic rings. The molecule has 2 aromatic rings. The third kappa shape index (κ3) is 2.40. The van der Waals surface area contributed by atoms with Crippen molar-refractivity contribution >= 4 is 16.7 Å². The Morgan fingerprint density at radius 1 is 1.45 bits per heavy atom. The predicted octanol–water partition coefficient (Wildman–Crippen LogP) is 1.76. The molecule has 20 heavy (non-hydrogen) atoms. The molecule has 3 rings (SSSR count). The molecule has 108 valence electrons. The van der Waals surface area contributed by atoms with E-state index in [2.05, 4.69) is 24.5 Å². The molecule has 0 spiro atoms. The highest BCUT2D eigenvalue weighted by molar-refractivity contribution is 7.09. The van der Waals surface area contributed by atoms with Crippen LogP contribution in [0.5, 0.6) is 0 Å². The zero-order valence-electron chi connectivity index (χ0n) is 11.7. The Bertz CT molecular complexity index is 584. The largest absolute Gasteiger partial charge is 0.423 e. The molecule has 0 unspecified atom stereocenters. The van der Waals surface area contributed by atoms with Gasteiger partial charge in [-0.3, -0.25) is 0 Å². The molecule has 1 fully saturated rings. The van der Waals surface area contributed by atoms with Crippen molar-refractivity contribution in [3.05, 3.63) is 17.6 Å². The zero-order valence-corrected chi connectivity index (χ0v) is 12.6. The molecule has 1 saturated heterocycles. The van der Waals surface area contributed by atoms with Crippen molar-refractivity contribution in [2.45, 2.75) is 38.8 Å². The lowest BCUT2D eigenvalue weighted by Crippen LogP contribution is -2.24. The lowest BCUT2D eigenvalue weighted by atomic mass is 10.2. The first-order valence-corrected chi connectivity index (χ1v) is 7.40. The fourth-order valence-corrected chi connectivity index (χ4v) is 3.18. The predicted molar refractivity (Wildman–Crippen MR) is 73.8 cm³/mol. The van der Waals surface area contributed by atoms with E-state index in [4.69, 9.17) is 9.15 Å². The van der Waals surface area contributed by atoms with E-state index in [1.165, 1.54) is 11.5 Å².